The standard InChI is InChI=1S/C16H13ClF3N3O3S/c17-12-10(2-1-3-11(12)26-16(18,19)20)8-4-6-9(7-5-8)27-14(21)13(23-22)15(24)25/h1-7,23H,21-22H2,(H,24,25)/b14-13+. The minimum absolute atomic E-state index is 0.0589. The fraction of sp³-hybridized carbons (Fsp3) is 0.0625. The molecule has 0 unspecified atom stereocenters. The lowest BCUT2D eigenvalue weighted by Crippen LogP contribution is -2.29. The molecule has 144 valence electrons. The molecule has 11 heteroatoms. The second kappa shape index (κ2) is 8.42. The molecule has 0 atom stereocenters. The predicted molar refractivity (Wildman–Crippen MR) is 95.6 cm³/mol. The Morgan fingerprint density at radius 2 is 1.81 bits per heavy atom. The molecule has 0 aliphatic rings. The molecule has 0 fully saturated rings. The molecule has 27 heavy (non-hydrogen) atoms. The van der Waals surface area contributed by atoms with Crippen LogP contribution in [-0.2, 0) is 4.79 Å². The van der Waals surface area contributed by atoms with Crippen LogP contribution < -0.4 is 21.7 Å². The quantitative estimate of drug-likeness (QED) is 0.245. The zero-order valence-corrected chi connectivity index (χ0v) is 15.0. The van der Waals surface area contributed by atoms with Gasteiger partial charge in [-0.05, 0) is 23.8 Å². The molecule has 2 aromatic carbocycles. The number of carboxylic acid groups (broad SMARTS) is 1. The molecule has 6 nitrogen and oxygen atoms in total. The van der Waals surface area contributed by atoms with Crippen molar-refractivity contribution in [3.8, 4) is 16.9 Å². The maximum atomic E-state index is 12.4. The van der Waals surface area contributed by atoms with Crippen LogP contribution in [0.25, 0.3) is 11.1 Å². The second-order valence-electron chi connectivity index (χ2n) is 4.98. The van der Waals surface area contributed by atoms with Crippen LogP contribution in [0.4, 0.5) is 13.2 Å². The summed E-state index contributed by atoms with van der Waals surface area (Å²) in [4.78, 5) is 11.6. The lowest BCUT2D eigenvalue weighted by atomic mass is 10.1. The molecule has 2 rings (SSSR count). The lowest BCUT2D eigenvalue weighted by Gasteiger charge is -2.13. The molecule has 0 amide bonds. The normalized spacial score (nSPS) is 12.3. The molecular weight excluding hydrogens is 407 g/mol. The van der Waals surface area contributed by atoms with Gasteiger partial charge in [0.15, 0.2) is 5.70 Å². The zero-order chi connectivity index (χ0) is 20.2. The van der Waals surface area contributed by atoms with Gasteiger partial charge in [-0.2, -0.15) is 0 Å². The Bertz CT molecular complexity index is 873. The number of nitrogens with one attached hydrogen (secondary N) is 1. The van der Waals surface area contributed by atoms with Gasteiger partial charge in [0.05, 0.1) is 5.02 Å². The summed E-state index contributed by atoms with van der Waals surface area (Å²) < 4.78 is 41.2. The third-order valence-corrected chi connectivity index (χ3v) is 4.51. The highest BCUT2D eigenvalue weighted by Gasteiger charge is 2.32. The summed E-state index contributed by atoms with van der Waals surface area (Å²) >= 11 is 6.97. The van der Waals surface area contributed by atoms with E-state index in [9.17, 15) is 18.0 Å². The van der Waals surface area contributed by atoms with Gasteiger partial charge in [-0.3, -0.25) is 5.84 Å². The minimum atomic E-state index is -4.86. The van der Waals surface area contributed by atoms with E-state index in [0.29, 0.717) is 16.0 Å². The smallest absolute Gasteiger partial charge is 0.476 e. The first-order valence-electron chi connectivity index (χ1n) is 7.14. The lowest BCUT2D eigenvalue weighted by molar-refractivity contribution is -0.274. The van der Waals surface area contributed by atoms with Gasteiger partial charge < -0.3 is 21.0 Å². The number of hydrogen-bond donors (Lipinski definition) is 4. The number of rotatable bonds is 6. The average molecular weight is 420 g/mol. The summed E-state index contributed by atoms with van der Waals surface area (Å²) in [5, 5.41) is 8.71. The number of hydrazine groups is 1. The van der Waals surface area contributed by atoms with Crippen molar-refractivity contribution < 1.29 is 27.8 Å². The molecule has 0 heterocycles. The maximum absolute atomic E-state index is 12.4. The van der Waals surface area contributed by atoms with Gasteiger partial charge in [0.1, 0.15) is 10.8 Å². The van der Waals surface area contributed by atoms with E-state index >= 15 is 0 Å². The average Bonchev–Trinajstić information content (AvgIpc) is 2.57. The van der Waals surface area contributed by atoms with Crippen LogP contribution in [0.1, 0.15) is 0 Å². The summed E-state index contributed by atoms with van der Waals surface area (Å²) in [5.41, 5.74) is 8.21. The van der Waals surface area contributed by atoms with Crippen LogP contribution in [-0.4, -0.2) is 17.4 Å². The Balaban J connectivity index is 2.28. The number of carboxylic acids is 1. The zero-order valence-electron chi connectivity index (χ0n) is 13.4. The largest absolute Gasteiger partial charge is 0.573 e. The van der Waals surface area contributed by atoms with Crippen molar-refractivity contribution in [1.82, 2.24) is 5.43 Å². The highest BCUT2D eigenvalue weighted by Crippen LogP contribution is 2.38. The SMILES string of the molecule is NN/C(C(=O)O)=C(\N)Sc1ccc(-c2cccc(OC(F)(F)F)c2Cl)cc1. The summed E-state index contributed by atoms with van der Waals surface area (Å²) in [5.74, 6) is 3.29. The van der Waals surface area contributed by atoms with Crippen molar-refractivity contribution >= 4 is 29.3 Å². The number of halogens is 4. The Hall–Kier alpha value is -2.56. The molecule has 0 aliphatic heterocycles. The van der Waals surface area contributed by atoms with E-state index in [2.05, 4.69) is 4.74 Å². The Morgan fingerprint density at radius 1 is 1.19 bits per heavy atom. The topological polar surface area (TPSA) is 111 Å². The highest BCUT2D eigenvalue weighted by molar-refractivity contribution is 8.03. The first kappa shape index (κ1) is 20.7. The number of aliphatic carboxylic acids is 1. The molecular formula is C16H13ClF3N3O3S. The third kappa shape index (κ3) is 5.46. The van der Waals surface area contributed by atoms with Crippen LogP contribution >= 0.6 is 23.4 Å². The van der Waals surface area contributed by atoms with E-state index in [1.807, 2.05) is 5.43 Å². The van der Waals surface area contributed by atoms with Gasteiger partial charge in [-0.15, -0.1) is 13.2 Å². The fourth-order valence-electron chi connectivity index (χ4n) is 2.06. The van der Waals surface area contributed by atoms with Crippen molar-refractivity contribution in [3.05, 3.63) is 58.2 Å². The van der Waals surface area contributed by atoms with Gasteiger partial charge in [0, 0.05) is 10.5 Å². The molecule has 6 N–H and O–H groups in total. The van der Waals surface area contributed by atoms with Gasteiger partial charge in [0.2, 0.25) is 0 Å². The van der Waals surface area contributed by atoms with Crippen LogP contribution in [0.3, 0.4) is 0 Å². The number of thioether (sulfide) groups is 1. The number of benzene rings is 2. The summed E-state index contributed by atoms with van der Waals surface area (Å²) in [6.45, 7) is 0. The van der Waals surface area contributed by atoms with E-state index in [0.717, 1.165) is 17.8 Å². The van der Waals surface area contributed by atoms with E-state index in [-0.39, 0.29) is 15.7 Å². The Kier molecular flexibility index (Phi) is 6.47. The highest BCUT2D eigenvalue weighted by atomic mass is 35.5. The van der Waals surface area contributed by atoms with E-state index in [1.165, 1.54) is 6.07 Å². The summed E-state index contributed by atoms with van der Waals surface area (Å²) in [7, 11) is 0. The second-order valence-corrected chi connectivity index (χ2v) is 6.47. The number of hydrogen-bond acceptors (Lipinski definition) is 6. The Labute approximate surface area is 160 Å². The van der Waals surface area contributed by atoms with Crippen LogP contribution in [0.15, 0.2) is 58.1 Å². The summed E-state index contributed by atoms with van der Waals surface area (Å²) in [6.07, 6.45) is -4.86. The van der Waals surface area contributed by atoms with Crippen LogP contribution in [0.2, 0.25) is 5.02 Å². The van der Waals surface area contributed by atoms with Crippen LogP contribution in [0.5, 0.6) is 5.75 Å². The number of ether oxygens (including phenoxy) is 1. The predicted octanol–water partition coefficient (Wildman–Crippen LogP) is 3.67. The molecule has 2 aromatic rings. The minimum Gasteiger partial charge on any atom is -0.476 e. The fourth-order valence-corrected chi connectivity index (χ4v) is 3.10. The molecule has 0 saturated heterocycles. The third-order valence-electron chi connectivity index (χ3n) is 3.19. The maximum Gasteiger partial charge on any atom is 0.573 e. The van der Waals surface area contributed by atoms with E-state index in [4.69, 9.17) is 28.3 Å². The number of nitrogens with two attached hydrogens (primary N) is 2. The van der Waals surface area contributed by atoms with Crippen molar-refractivity contribution in [3.63, 3.8) is 0 Å². The van der Waals surface area contributed by atoms with Gasteiger partial charge in [-0.25, -0.2) is 4.79 Å². The molecule has 0 aliphatic carbocycles. The van der Waals surface area contributed by atoms with Crippen molar-refractivity contribution in [1.29, 1.82) is 0 Å². The summed E-state index contributed by atoms with van der Waals surface area (Å²) in [6, 6.07) is 10.5. The van der Waals surface area contributed by atoms with Gasteiger partial charge >= 0.3 is 12.3 Å². The number of alkyl halides is 3. The molecule has 0 spiro atoms. The van der Waals surface area contributed by atoms with Gasteiger partial charge in [0.25, 0.3) is 0 Å². The van der Waals surface area contributed by atoms with Crippen molar-refractivity contribution in [2.45, 2.75) is 11.3 Å². The molecule has 0 saturated carbocycles. The number of carbonyl (C=O) groups is 1. The first-order valence-corrected chi connectivity index (χ1v) is 8.34. The van der Waals surface area contributed by atoms with Crippen molar-refractivity contribution in [2.24, 2.45) is 11.6 Å². The molecule has 0 aromatic heterocycles. The van der Waals surface area contributed by atoms with Gasteiger partial charge in [-0.1, -0.05) is 47.6 Å². The van der Waals surface area contributed by atoms with E-state index < -0.39 is 18.1 Å². The Morgan fingerprint density at radius 3 is 2.33 bits per heavy atom. The van der Waals surface area contributed by atoms with Crippen molar-refractivity contribution in [2.75, 3.05) is 0 Å². The van der Waals surface area contributed by atoms with Crippen LogP contribution in [0, 0.1) is 0 Å². The van der Waals surface area contributed by atoms with E-state index in [1.54, 1.807) is 30.3 Å². The molecule has 0 bridgehead atoms. The monoisotopic (exact) mass is 419 g/mol. The first-order chi connectivity index (χ1) is 12.6. The molecule has 0 radical (unpaired) electrons.